The minimum absolute atomic E-state index is 0.578. The van der Waals surface area contributed by atoms with E-state index in [1.807, 2.05) is 0 Å². The fourth-order valence-corrected chi connectivity index (χ4v) is 3.07. The highest BCUT2D eigenvalue weighted by atomic mass is 15.4. The Bertz CT molecular complexity index is 437. The van der Waals surface area contributed by atoms with Crippen LogP contribution in [0.3, 0.4) is 0 Å². The summed E-state index contributed by atoms with van der Waals surface area (Å²) < 4.78 is 2.07. The molecule has 0 aromatic carbocycles. The Labute approximate surface area is 121 Å². The van der Waals surface area contributed by atoms with Gasteiger partial charge in [0.1, 0.15) is 12.2 Å². The molecule has 0 bridgehead atoms. The molecule has 1 aliphatic carbocycles. The molecule has 1 saturated carbocycles. The lowest BCUT2D eigenvalue weighted by Gasteiger charge is -2.38. The van der Waals surface area contributed by atoms with E-state index in [-0.39, 0.29) is 0 Å². The first kappa shape index (κ1) is 14.0. The van der Waals surface area contributed by atoms with E-state index in [0.29, 0.717) is 18.0 Å². The van der Waals surface area contributed by atoms with Crippen LogP contribution < -0.4 is 5.32 Å². The van der Waals surface area contributed by atoms with E-state index >= 15 is 0 Å². The van der Waals surface area contributed by atoms with E-state index in [1.54, 1.807) is 6.33 Å². The molecule has 20 heavy (non-hydrogen) atoms. The second-order valence-corrected chi connectivity index (χ2v) is 6.88. The Morgan fingerprint density at radius 3 is 2.90 bits per heavy atom. The molecule has 1 aromatic heterocycles. The topological polar surface area (TPSA) is 46.0 Å². The van der Waals surface area contributed by atoms with E-state index in [1.165, 1.54) is 12.8 Å². The highest BCUT2D eigenvalue weighted by Crippen LogP contribution is 2.34. The van der Waals surface area contributed by atoms with Gasteiger partial charge in [-0.25, -0.2) is 9.67 Å². The highest BCUT2D eigenvalue weighted by molar-refractivity contribution is 4.95. The predicted molar refractivity (Wildman–Crippen MR) is 79.2 cm³/mol. The van der Waals surface area contributed by atoms with Crippen molar-refractivity contribution < 1.29 is 0 Å². The maximum atomic E-state index is 4.47. The molecule has 5 heteroatoms. The summed E-state index contributed by atoms with van der Waals surface area (Å²) in [6.45, 7) is 10.9. The maximum Gasteiger partial charge on any atom is 0.141 e. The lowest BCUT2D eigenvalue weighted by atomic mass is 10.1. The quantitative estimate of drug-likeness (QED) is 0.886. The highest BCUT2D eigenvalue weighted by Gasteiger charge is 2.36. The summed E-state index contributed by atoms with van der Waals surface area (Å²) in [4.78, 5) is 7.04. The van der Waals surface area contributed by atoms with Crippen molar-refractivity contribution in [3.05, 3.63) is 12.2 Å². The molecule has 1 saturated heterocycles. The van der Waals surface area contributed by atoms with E-state index in [2.05, 4.69) is 45.8 Å². The fraction of sp³-hybridized carbons (Fsp3) is 0.867. The minimum Gasteiger partial charge on any atom is -0.311 e. The molecule has 2 atom stereocenters. The molecular weight excluding hydrogens is 250 g/mol. The average Bonchev–Trinajstić information content (AvgIpc) is 3.16. The molecule has 2 unspecified atom stereocenters. The second-order valence-electron chi connectivity index (χ2n) is 6.88. The Hall–Kier alpha value is -0.940. The van der Waals surface area contributed by atoms with Gasteiger partial charge >= 0.3 is 0 Å². The zero-order valence-electron chi connectivity index (χ0n) is 12.9. The number of nitrogens with zero attached hydrogens (tertiary/aromatic N) is 4. The Kier molecular flexibility index (Phi) is 4.08. The number of piperazine rings is 1. The molecule has 0 spiro atoms. The summed E-state index contributed by atoms with van der Waals surface area (Å²) in [6.07, 6.45) is 4.51. The summed E-state index contributed by atoms with van der Waals surface area (Å²) in [7, 11) is 0. The van der Waals surface area contributed by atoms with Gasteiger partial charge in [-0.05, 0) is 31.6 Å². The van der Waals surface area contributed by atoms with Crippen molar-refractivity contribution in [1.82, 2.24) is 25.0 Å². The van der Waals surface area contributed by atoms with Crippen LogP contribution in [0.1, 0.15) is 39.4 Å². The first-order chi connectivity index (χ1) is 9.63. The molecule has 2 aliphatic rings. The minimum atomic E-state index is 0.578. The van der Waals surface area contributed by atoms with Gasteiger partial charge in [0.25, 0.3) is 0 Å². The van der Waals surface area contributed by atoms with Gasteiger partial charge in [0.05, 0.1) is 6.54 Å². The van der Waals surface area contributed by atoms with Gasteiger partial charge in [0.15, 0.2) is 0 Å². The molecule has 1 N–H and O–H groups in total. The molecule has 112 valence electrons. The van der Waals surface area contributed by atoms with Crippen LogP contribution in [-0.2, 0) is 13.1 Å². The lowest BCUT2D eigenvalue weighted by molar-refractivity contribution is 0.120. The monoisotopic (exact) mass is 277 g/mol. The van der Waals surface area contributed by atoms with Crippen molar-refractivity contribution in [2.75, 3.05) is 13.1 Å². The van der Waals surface area contributed by atoms with E-state index in [4.69, 9.17) is 0 Å². The van der Waals surface area contributed by atoms with Crippen LogP contribution in [0.15, 0.2) is 6.33 Å². The predicted octanol–water partition coefficient (Wildman–Crippen LogP) is 1.51. The smallest absolute Gasteiger partial charge is 0.141 e. The largest absolute Gasteiger partial charge is 0.311 e. The Balaban J connectivity index is 1.64. The van der Waals surface area contributed by atoms with Gasteiger partial charge in [-0.2, -0.15) is 5.10 Å². The first-order valence-corrected chi connectivity index (χ1v) is 7.97. The standard InChI is InChI=1S/C15H27N5/c1-11(2)7-20-15(17-10-18-20)9-19-8-14(13-4-5-13)16-6-12(19)3/h10-14,16H,4-9H2,1-3H3. The third-order valence-electron chi connectivity index (χ3n) is 4.50. The summed E-state index contributed by atoms with van der Waals surface area (Å²) >= 11 is 0. The van der Waals surface area contributed by atoms with Crippen LogP contribution in [0.25, 0.3) is 0 Å². The molecule has 5 nitrogen and oxygen atoms in total. The number of hydrogen-bond acceptors (Lipinski definition) is 4. The zero-order chi connectivity index (χ0) is 14.1. The first-order valence-electron chi connectivity index (χ1n) is 7.97. The molecule has 2 heterocycles. The lowest BCUT2D eigenvalue weighted by Crippen LogP contribution is -2.55. The second kappa shape index (κ2) is 5.82. The van der Waals surface area contributed by atoms with E-state index < -0.39 is 0 Å². The van der Waals surface area contributed by atoms with Crippen LogP contribution in [0.2, 0.25) is 0 Å². The SMILES string of the molecule is CC(C)Cn1ncnc1CN1CC(C2CC2)NCC1C. The summed E-state index contributed by atoms with van der Waals surface area (Å²) in [5.41, 5.74) is 0. The third-order valence-corrected chi connectivity index (χ3v) is 4.50. The van der Waals surface area contributed by atoms with Gasteiger partial charge in [-0.3, -0.25) is 4.90 Å². The average molecular weight is 277 g/mol. The molecule has 1 aromatic rings. The zero-order valence-corrected chi connectivity index (χ0v) is 12.9. The normalized spacial score (nSPS) is 28.2. The molecule has 1 aliphatic heterocycles. The number of aromatic nitrogens is 3. The Morgan fingerprint density at radius 2 is 2.20 bits per heavy atom. The summed E-state index contributed by atoms with van der Waals surface area (Å²) in [5, 5.41) is 8.08. The number of hydrogen-bond donors (Lipinski definition) is 1. The van der Waals surface area contributed by atoms with Crippen molar-refractivity contribution in [3.8, 4) is 0 Å². The maximum absolute atomic E-state index is 4.47. The summed E-state index contributed by atoms with van der Waals surface area (Å²) in [6, 6.07) is 1.27. The summed E-state index contributed by atoms with van der Waals surface area (Å²) in [5.74, 6) is 2.63. The van der Waals surface area contributed by atoms with E-state index in [0.717, 1.165) is 37.9 Å². The third kappa shape index (κ3) is 3.20. The van der Waals surface area contributed by atoms with Crippen LogP contribution in [0.5, 0.6) is 0 Å². The van der Waals surface area contributed by atoms with Gasteiger partial charge in [0.2, 0.25) is 0 Å². The van der Waals surface area contributed by atoms with Crippen molar-refractivity contribution in [2.45, 2.75) is 58.8 Å². The molecule has 0 radical (unpaired) electrons. The van der Waals surface area contributed by atoms with Gasteiger partial charge in [-0.15, -0.1) is 0 Å². The van der Waals surface area contributed by atoms with Crippen LogP contribution in [-0.4, -0.2) is 44.8 Å². The molecule has 3 rings (SSSR count). The Morgan fingerprint density at radius 1 is 1.40 bits per heavy atom. The molecule has 2 fully saturated rings. The molecular formula is C15H27N5. The number of rotatable bonds is 5. The number of nitrogens with one attached hydrogen (secondary N) is 1. The van der Waals surface area contributed by atoms with Crippen molar-refractivity contribution >= 4 is 0 Å². The van der Waals surface area contributed by atoms with Gasteiger partial charge in [0, 0.05) is 31.7 Å². The molecule has 0 amide bonds. The van der Waals surface area contributed by atoms with Gasteiger partial charge < -0.3 is 5.32 Å². The van der Waals surface area contributed by atoms with Crippen LogP contribution in [0.4, 0.5) is 0 Å². The van der Waals surface area contributed by atoms with Crippen LogP contribution in [0, 0.1) is 11.8 Å². The van der Waals surface area contributed by atoms with Crippen molar-refractivity contribution in [1.29, 1.82) is 0 Å². The fourth-order valence-electron chi connectivity index (χ4n) is 3.07. The van der Waals surface area contributed by atoms with Crippen molar-refractivity contribution in [3.63, 3.8) is 0 Å². The van der Waals surface area contributed by atoms with Gasteiger partial charge in [-0.1, -0.05) is 13.8 Å². The van der Waals surface area contributed by atoms with E-state index in [9.17, 15) is 0 Å². The van der Waals surface area contributed by atoms with Crippen LogP contribution >= 0.6 is 0 Å². The van der Waals surface area contributed by atoms with Crippen molar-refractivity contribution in [2.24, 2.45) is 11.8 Å².